The predicted molar refractivity (Wildman–Crippen MR) is 54.0 cm³/mol. The molecule has 0 unspecified atom stereocenters. The zero-order valence-electron chi connectivity index (χ0n) is 8.21. The highest BCUT2D eigenvalue weighted by atomic mass is 16.5. The van der Waals surface area contributed by atoms with Gasteiger partial charge in [-0.25, -0.2) is 4.98 Å². The van der Waals surface area contributed by atoms with Crippen molar-refractivity contribution in [3.05, 3.63) is 23.9 Å². The van der Waals surface area contributed by atoms with Crippen LogP contribution in [0.1, 0.15) is 18.1 Å². The predicted octanol–water partition coefficient (Wildman–Crippen LogP) is -0.153. The molecule has 1 saturated heterocycles. The summed E-state index contributed by atoms with van der Waals surface area (Å²) < 4.78 is 5.47. The number of aromatic nitrogens is 1. The Morgan fingerprint density at radius 2 is 2.33 bits per heavy atom. The second-order valence-corrected chi connectivity index (χ2v) is 3.67. The second-order valence-electron chi connectivity index (χ2n) is 3.67. The van der Waals surface area contributed by atoms with Crippen LogP contribution >= 0.6 is 0 Å². The minimum atomic E-state index is -0.613. The van der Waals surface area contributed by atoms with E-state index < -0.39 is 12.2 Å². The second kappa shape index (κ2) is 4.14. The molecule has 5 nitrogen and oxygen atoms in total. The van der Waals surface area contributed by atoms with Crippen molar-refractivity contribution in [3.8, 4) is 0 Å². The number of hydrogen-bond donors (Lipinski definition) is 3. The molecule has 1 fully saturated rings. The number of nitrogens with two attached hydrogens (primary N) is 1. The van der Waals surface area contributed by atoms with Gasteiger partial charge < -0.3 is 20.7 Å². The van der Waals surface area contributed by atoms with Gasteiger partial charge in [0.05, 0.1) is 18.8 Å². The molecular formula is C10H14N2O3. The average Bonchev–Trinajstić information content (AvgIpc) is 2.61. The molecule has 1 aliphatic heterocycles. The Bertz CT molecular complexity index is 328. The summed E-state index contributed by atoms with van der Waals surface area (Å²) in [4.78, 5) is 3.95. The van der Waals surface area contributed by atoms with E-state index in [0.717, 1.165) is 5.56 Å². The first-order valence-corrected chi connectivity index (χ1v) is 4.86. The van der Waals surface area contributed by atoms with E-state index in [-0.39, 0.29) is 12.7 Å². The van der Waals surface area contributed by atoms with E-state index in [1.54, 1.807) is 12.3 Å². The Hall–Kier alpha value is -1.17. The van der Waals surface area contributed by atoms with Gasteiger partial charge in [0.1, 0.15) is 11.9 Å². The van der Waals surface area contributed by atoms with Crippen molar-refractivity contribution in [2.45, 2.75) is 24.7 Å². The van der Waals surface area contributed by atoms with Crippen molar-refractivity contribution in [2.75, 3.05) is 12.3 Å². The molecule has 0 aliphatic carbocycles. The molecule has 4 N–H and O–H groups in total. The fourth-order valence-electron chi connectivity index (χ4n) is 1.71. The Morgan fingerprint density at radius 1 is 1.53 bits per heavy atom. The van der Waals surface area contributed by atoms with Crippen LogP contribution in [0.15, 0.2) is 18.3 Å². The minimum Gasteiger partial charge on any atom is -0.394 e. The summed E-state index contributed by atoms with van der Waals surface area (Å²) in [6.45, 7) is -0.167. The Balaban J connectivity index is 2.10. The number of ether oxygens (including phenoxy) is 1. The molecule has 0 saturated carbocycles. The standard InChI is InChI=1S/C10H14N2O3/c11-10-2-1-6(4-12-10)8-3-7(14)9(5-13)15-8/h1-2,4,7-9,13-14H,3,5H2,(H2,11,12)/t7-,8+,9+/m0/s1. The van der Waals surface area contributed by atoms with Gasteiger partial charge in [0.15, 0.2) is 0 Å². The lowest BCUT2D eigenvalue weighted by atomic mass is 10.1. The zero-order valence-corrected chi connectivity index (χ0v) is 8.21. The van der Waals surface area contributed by atoms with Gasteiger partial charge in [-0.1, -0.05) is 6.07 Å². The largest absolute Gasteiger partial charge is 0.394 e. The summed E-state index contributed by atoms with van der Waals surface area (Å²) in [5.41, 5.74) is 6.34. The third-order valence-corrected chi connectivity index (χ3v) is 2.58. The number of rotatable bonds is 2. The van der Waals surface area contributed by atoms with E-state index in [4.69, 9.17) is 15.6 Å². The maximum atomic E-state index is 9.55. The van der Waals surface area contributed by atoms with Crippen molar-refractivity contribution in [3.63, 3.8) is 0 Å². The lowest BCUT2D eigenvalue weighted by Gasteiger charge is -2.11. The fraction of sp³-hybridized carbons (Fsp3) is 0.500. The first-order valence-electron chi connectivity index (χ1n) is 4.86. The fourth-order valence-corrected chi connectivity index (χ4v) is 1.71. The molecule has 0 radical (unpaired) electrons. The molecule has 2 rings (SSSR count). The van der Waals surface area contributed by atoms with Gasteiger partial charge in [-0.2, -0.15) is 0 Å². The van der Waals surface area contributed by atoms with Crippen molar-refractivity contribution >= 4 is 5.82 Å². The van der Waals surface area contributed by atoms with Crippen LogP contribution in [-0.2, 0) is 4.74 Å². The number of aliphatic hydroxyl groups excluding tert-OH is 2. The maximum absolute atomic E-state index is 9.55. The number of aliphatic hydroxyl groups is 2. The van der Waals surface area contributed by atoms with Crippen LogP contribution in [0.2, 0.25) is 0 Å². The molecule has 0 aromatic carbocycles. The quantitative estimate of drug-likeness (QED) is 0.631. The number of pyridine rings is 1. The molecule has 1 aromatic heterocycles. The summed E-state index contributed by atoms with van der Waals surface area (Å²) in [6.07, 6.45) is 0.805. The molecular weight excluding hydrogens is 196 g/mol. The molecule has 3 atom stereocenters. The SMILES string of the molecule is Nc1ccc([C@H]2C[C@H](O)[C@@H](CO)O2)cn1. The summed E-state index contributed by atoms with van der Waals surface area (Å²) in [6, 6.07) is 3.51. The van der Waals surface area contributed by atoms with Gasteiger partial charge in [-0.15, -0.1) is 0 Å². The first kappa shape index (κ1) is 10.4. The Kier molecular flexibility index (Phi) is 2.86. The Morgan fingerprint density at radius 3 is 2.87 bits per heavy atom. The lowest BCUT2D eigenvalue weighted by molar-refractivity contribution is -0.0226. The molecule has 15 heavy (non-hydrogen) atoms. The summed E-state index contributed by atoms with van der Waals surface area (Å²) in [5.74, 6) is 0.455. The van der Waals surface area contributed by atoms with Crippen LogP contribution in [0.3, 0.4) is 0 Å². The van der Waals surface area contributed by atoms with Crippen LogP contribution in [0.25, 0.3) is 0 Å². The third kappa shape index (κ3) is 2.09. The molecule has 1 aliphatic rings. The highest BCUT2D eigenvalue weighted by Crippen LogP contribution is 2.32. The normalized spacial score (nSPS) is 30.7. The first-order chi connectivity index (χ1) is 7.20. The van der Waals surface area contributed by atoms with Crippen molar-refractivity contribution in [1.29, 1.82) is 0 Å². The molecule has 5 heteroatoms. The number of hydrogen-bond acceptors (Lipinski definition) is 5. The summed E-state index contributed by atoms with van der Waals surface area (Å²) in [7, 11) is 0. The molecule has 0 bridgehead atoms. The smallest absolute Gasteiger partial charge is 0.123 e. The van der Waals surface area contributed by atoms with Crippen LogP contribution in [0.4, 0.5) is 5.82 Å². The van der Waals surface area contributed by atoms with Gasteiger partial charge in [0.25, 0.3) is 0 Å². The number of anilines is 1. The van der Waals surface area contributed by atoms with E-state index >= 15 is 0 Å². The van der Waals surface area contributed by atoms with Gasteiger partial charge in [0.2, 0.25) is 0 Å². The Labute approximate surface area is 87.5 Å². The van der Waals surface area contributed by atoms with Crippen LogP contribution in [0.5, 0.6) is 0 Å². The minimum absolute atomic E-state index is 0.167. The molecule has 82 valence electrons. The van der Waals surface area contributed by atoms with E-state index in [1.165, 1.54) is 0 Å². The van der Waals surface area contributed by atoms with Crippen LogP contribution in [0, 0.1) is 0 Å². The molecule has 0 spiro atoms. The average molecular weight is 210 g/mol. The number of nitrogens with zero attached hydrogens (tertiary/aromatic N) is 1. The van der Waals surface area contributed by atoms with Crippen molar-refractivity contribution in [1.82, 2.24) is 4.98 Å². The third-order valence-electron chi connectivity index (χ3n) is 2.58. The van der Waals surface area contributed by atoms with Gasteiger partial charge >= 0.3 is 0 Å². The van der Waals surface area contributed by atoms with Crippen molar-refractivity contribution < 1.29 is 14.9 Å². The maximum Gasteiger partial charge on any atom is 0.123 e. The lowest BCUT2D eigenvalue weighted by Crippen LogP contribution is -2.24. The molecule has 1 aromatic rings. The highest BCUT2D eigenvalue weighted by Gasteiger charge is 2.34. The topological polar surface area (TPSA) is 88.6 Å². The van der Waals surface area contributed by atoms with Crippen LogP contribution < -0.4 is 5.73 Å². The van der Waals surface area contributed by atoms with Crippen molar-refractivity contribution in [2.24, 2.45) is 0 Å². The molecule has 0 amide bonds. The van der Waals surface area contributed by atoms with Gasteiger partial charge in [-0.05, 0) is 11.6 Å². The van der Waals surface area contributed by atoms with E-state index in [0.29, 0.717) is 12.2 Å². The zero-order chi connectivity index (χ0) is 10.8. The highest BCUT2D eigenvalue weighted by molar-refractivity contribution is 5.30. The molecule has 2 heterocycles. The summed E-state index contributed by atoms with van der Waals surface area (Å²) in [5, 5.41) is 18.5. The van der Waals surface area contributed by atoms with E-state index in [9.17, 15) is 5.11 Å². The van der Waals surface area contributed by atoms with Gasteiger partial charge in [0, 0.05) is 12.6 Å². The van der Waals surface area contributed by atoms with Crippen LogP contribution in [-0.4, -0.2) is 34.0 Å². The van der Waals surface area contributed by atoms with E-state index in [1.807, 2.05) is 6.07 Å². The summed E-state index contributed by atoms with van der Waals surface area (Å²) >= 11 is 0. The number of nitrogen functional groups attached to an aromatic ring is 1. The van der Waals surface area contributed by atoms with E-state index in [2.05, 4.69) is 4.98 Å². The van der Waals surface area contributed by atoms with Gasteiger partial charge in [-0.3, -0.25) is 0 Å². The monoisotopic (exact) mass is 210 g/mol.